The Morgan fingerprint density at radius 3 is 2.37 bits per heavy atom. The number of ether oxygens (including phenoxy) is 2. The highest BCUT2D eigenvalue weighted by Crippen LogP contribution is 2.39. The van der Waals surface area contributed by atoms with Crippen LogP contribution < -0.4 is 4.74 Å². The zero-order valence-electron chi connectivity index (χ0n) is 23.0. The number of nitriles is 1. The molecular formula is C31H41N3O4. The summed E-state index contributed by atoms with van der Waals surface area (Å²) in [5.41, 5.74) is 1.28. The van der Waals surface area contributed by atoms with Gasteiger partial charge >= 0.3 is 6.09 Å². The molecule has 1 amide bonds. The van der Waals surface area contributed by atoms with Gasteiger partial charge in [-0.15, -0.1) is 0 Å². The maximum atomic E-state index is 12.6. The predicted octanol–water partition coefficient (Wildman–Crippen LogP) is 5.82. The monoisotopic (exact) mass is 519 g/mol. The van der Waals surface area contributed by atoms with Gasteiger partial charge in [0.1, 0.15) is 24.0 Å². The van der Waals surface area contributed by atoms with E-state index in [0.29, 0.717) is 50.5 Å². The molecule has 1 saturated carbocycles. The first-order valence-electron chi connectivity index (χ1n) is 13.8. The van der Waals surface area contributed by atoms with Gasteiger partial charge < -0.3 is 19.5 Å². The average molecular weight is 520 g/mol. The van der Waals surface area contributed by atoms with Crippen molar-refractivity contribution in [1.82, 2.24) is 9.80 Å². The van der Waals surface area contributed by atoms with Gasteiger partial charge in [-0.25, -0.2) is 4.79 Å². The number of carbonyl (C=O) groups is 1. The van der Waals surface area contributed by atoms with Crippen LogP contribution in [0, 0.1) is 11.3 Å². The lowest BCUT2D eigenvalue weighted by Crippen LogP contribution is -2.52. The fraction of sp³-hybridized carbons (Fsp3) is 0.548. The van der Waals surface area contributed by atoms with Gasteiger partial charge in [0, 0.05) is 32.2 Å². The summed E-state index contributed by atoms with van der Waals surface area (Å²) in [6.07, 6.45) is 5.14. The smallest absolute Gasteiger partial charge is 0.410 e. The lowest BCUT2D eigenvalue weighted by Gasteiger charge is -2.43. The van der Waals surface area contributed by atoms with Crippen molar-refractivity contribution >= 4 is 6.09 Å². The lowest BCUT2D eigenvalue weighted by atomic mass is 9.78. The van der Waals surface area contributed by atoms with Crippen LogP contribution in [-0.4, -0.2) is 58.4 Å². The normalized spacial score (nSPS) is 18.9. The van der Waals surface area contributed by atoms with Crippen molar-refractivity contribution in [2.24, 2.45) is 0 Å². The molecule has 0 spiro atoms. The molecule has 1 aliphatic carbocycles. The number of rotatable bonds is 7. The second-order valence-electron chi connectivity index (χ2n) is 11.6. The van der Waals surface area contributed by atoms with E-state index in [-0.39, 0.29) is 12.1 Å². The second kappa shape index (κ2) is 12.2. The van der Waals surface area contributed by atoms with Crippen LogP contribution in [0.15, 0.2) is 48.5 Å². The molecule has 1 aliphatic heterocycles. The van der Waals surface area contributed by atoms with E-state index in [2.05, 4.69) is 11.0 Å². The van der Waals surface area contributed by atoms with Crippen LogP contribution in [0.2, 0.25) is 0 Å². The molecule has 1 N–H and O–H groups in total. The van der Waals surface area contributed by atoms with Crippen LogP contribution in [0.4, 0.5) is 4.79 Å². The zero-order chi connectivity index (χ0) is 27.2. The molecule has 0 bridgehead atoms. The molecule has 0 aromatic heterocycles. The van der Waals surface area contributed by atoms with E-state index in [1.165, 1.54) is 0 Å². The first-order chi connectivity index (χ1) is 18.2. The Morgan fingerprint density at radius 2 is 1.74 bits per heavy atom. The quantitative estimate of drug-likeness (QED) is 0.496. The van der Waals surface area contributed by atoms with Crippen LogP contribution in [0.1, 0.15) is 82.0 Å². The minimum absolute atomic E-state index is 0.0610. The average Bonchev–Trinajstić information content (AvgIpc) is 2.91. The predicted molar refractivity (Wildman–Crippen MR) is 147 cm³/mol. The van der Waals surface area contributed by atoms with Crippen LogP contribution >= 0.6 is 0 Å². The van der Waals surface area contributed by atoms with Crippen molar-refractivity contribution in [1.29, 1.82) is 5.26 Å². The topological polar surface area (TPSA) is 86.0 Å². The number of hydrogen-bond acceptors (Lipinski definition) is 6. The molecule has 2 aromatic carbocycles. The molecule has 204 valence electrons. The molecule has 2 aromatic rings. The van der Waals surface area contributed by atoms with Gasteiger partial charge in [0.15, 0.2) is 0 Å². The van der Waals surface area contributed by atoms with E-state index in [4.69, 9.17) is 9.47 Å². The first kappa shape index (κ1) is 27.9. The Bertz CT molecular complexity index is 1110. The molecule has 7 nitrogen and oxygen atoms in total. The van der Waals surface area contributed by atoms with E-state index in [1.807, 2.05) is 69.3 Å². The fourth-order valence-electron chi connectivity index (χ4n) is 5.48. The van der Waals surface area contributed by atoms with Crippen LogP contribution in [-0.2, 0) is 11.3 Å². The molecule has 2 aliphatic rings. The Morgan fingerprint density at radius 1 is 1.05 bits per heavy atom. The van der Waals surface area contributed by atoms with Crippen LogP contribution in [0.5, 0.6) is 5.75 Å². The van der Waals surface area contributed by atoms with Crippen molar-refractivity contribution in [2.75, 3.05) is 26.2 Å². The molecule has 2 fully saturated rings. The van der Waals surface area contributed by atoms with Crippen molar-refractivity contribution in [2.45, 2.75) is 83.1 Å². The van der Waals surface area contributed by atoms with Crippen LogP contribution in [0.25, 0.3) is 0 Å². The fourth-order valence-corrected chi connectivity index (χ4v) is 5.48. The Hall–Kier alpha value is -3.08. The summed E-state index contributed by atoms with van der Waals surface area (Å²) < 4.78 is 11.6. The molecule has 1 saturated heterocycles. The maximum absolute atomic E-state index is 12.6. The molecule has 7 heteroatoms. The third kappa shape index (κ3) is 7.49. The van der Waals surface area contributed by atoms with E-state index in [1.54, 1.807) is 4.90 Å². The van der Waals surface area contributed by atoms with E-state index in [0.717, 1.165) is 43.2 Å². The van der Waals surface area contributed by atoms with Gasteiger partial charge in [0.05, 0.1) is 11.2 Å². The number of piperazine rings is 1. The molecule has 1 unspecified atom stereocenters. The summed E-state index contributed by atoms with van der Waals surface area (Å²) in [5.74, 6) is 0.560. The van der Waals surface area contributed by atoms with Gasteiger partial charge in [-0.05, 0) is 63.3 Å². The minimum atomic E-state index is -0.722. The first-order valence-corrected chi connectivity index (χ1v) is 13.8. The Balaban J connectivity index is 1.52. The van der Waals surface area contributed by atoms with E-state index < -0.39 is 11.2 Å². The van der Waals surface area contributed by atoms with Crippen molar-refractivity contribution < 1.29 is 19.4 Å². The standard InChI is InChI=1S/C31H41N3O4/c1-30(2,3)38-29(35)34-18-16-33(17-19-34)27(21-31(36)14-8-5-9-15-31)25-12-13-28(26(20-25)22-32)37-23-24-10-6-4-7-11-24/h4,6-7,10-13,20,27,36H,5,8-9,14-19,21,23H2,1-3H3. The minimum Gasteiger partial charge on any atom is -0.488 e. The van der Waals surface area contributed by atoms with Gasteiger partial charge in [0.2, 0.25) is 0 Å². The summed E-state index contributed by atoms with van der Waals surface area (Å²) in [4.78, 5) is 16.7. The third-order valence-corrected chi connectivity index (χ3v) is 7.51. The highest BCUT2D eigenvalue weighted by atomic mass is 16.6. The van der Waals surface area contributed by atoms with Gasteiger partial charge in [-0.2, -0.15) is 5.26 Å². The third-order valence-electron chi connectivity index (χ3n) is 7.51. The number of amides is 1. The van der Waals surface area contributed by atoms with Crippen molar-refractivity contribution in [3.8, 4) is 11.8 Å². The molecule has 1 heterocycles. The molecular weight excluding hydrogens is 478 g/mol. The van der Waals surface area contributed by atoms with Gasteiger partial charge in [-0.1, -0.05) is 55.7 Å². The Kier molecular flexibility index (Phi) is 8.96. The van der Waals surface area contributed by atoms with Crippen LogP contribution in [0.3, 0.4) is 0 Å². The van der Waals surface area contributed by atoms with Gasteiger partial charge in [-0.3, -0.25) is 4.90 Å². The van der Waals surface area contributed by atoms with Crippen molar-refractivity contribution in [3.05, 3.63) is 65.2 Å². The summed E-state index contributed by atoms with van der Waals surface area (Å²) >= 11 is 0. The lowest BCUT2D eigenvalue weighted by molar-refractivity contribution is -0.0367. The number of aliphatic hydroxyl groups is 1. The van der Waals surface area contributed by atoms with Crippen molar-refractivity contribution in [3.63, 3.8) is 0 Å². The molecule has 38 heavy (non-hydrogen) atoms. The second-order valence-corrected chi connectivity index (χ2v) is 11.6. The Labute approximate surface area is 227 Å². The number of carbonyl (C=O) groups excluding carboxylic acids is 1. The molecule has 0 radical (unpaired) electrons. The van der Waals surface area contributed by atoms with E-state index in [9.17, 15) is 15.2 Å². The van der Waals surface area contributed by atoms with Gasteiger partial charge in [0.25, 0.3) is 0 Å². The SMILES string of the molecule is CC(C)(C)OC(=O)N1CCN(C(CC2(O)CCCCC2)c2ccc(OCc3ccccc3)c(C#N)c2)CC1. The molecule has 1 atom stereocenters. The summed E-state index contributed by atoms with van der Waals surface area (Å²) in [6.45, 7) is 8.50. The number of nitrogens with zero attached hydrogens (tertiary/aromatic N) is 3. The number of benzene rings is 2. The maximum Gasteiger partial charge on any atom is 0.410 e. The van der Waals surface area contributed by atoms with E-state index >= 15 is 0 Å². The largest absolute Gasteiger partial charge is 0.488 e. The summed E-state index contributed by atoms with van der Waals surface area (Å²) in [5, 5.41) is 21.4. The highest BCUT2D eigenvalue weighted by Gasteiger charge is 2.37. The summed E-state index contributed by atoms with van der Waals surface area (Å²) in [7, 11) is 0. The highest BCUT2D eigenvalue weighted by molar-refractivity contribution is 5.68. The zero-order valence-corrected chi connectivity index (χ0v) is 23.0. The molecule has 4 rings (SSSR count). The number of hydrogen-bond donors (Lipinski definition) is 1. The summed E-state index contributed by atoms with van der Waals surface area (Å²) in [6, 6.07) is 18.0.